The molecule has 4 aromatic heterocycles. The molecule has 0 fully saturated rings. The van der Waals surface area contributed by atoms with E-state index in [1.165, 1.54) is 72.3 Å². The highest BCUT2D eigenvalue weighted by Gasteiger charge is 2.09. The zero-order valence-corrected chi connectivity index (χ0v) is 72.6. The topological polar surface area (TPSA) is 100 Å². The molecular weight excluding hydrogens is 1370 g/mol. The molecule has 0 spiro atoms. The van der Waals surface area contributed by atoms with Crippen molar-refractivity contribution in [1.29, 1.82) is 0 Å². The lowest BCUT2D eigenvalue weighted by Crippen LogP contribution is -2.26. The molecule has 1 amide bonds. The van der Waals surface area contributed by atoms with Crippen LogP contribution < -0.4 is 19.5 Å². The minimum Gasteiger partial charge on any atom is -0.497 e. The number of nitrogens with zero attached hydrogens (tertiary/aromatic N) is 4. The van der Waals surface area contributed by atoms with Crippen LogP contribution in [0.3, 0.4) is 0 Å². The molecule has 0 radical (unpaired) electrons. The number of aryl methyl sites for hydroxylation is 4. The van der Waals surface area contributed by atoms with Crippen molar-refractivity contribution in [3.63, 3.8) is 0 Å². The molecule has 0 aliphatic carbocycles. The second-order valence-electron chi connectivity index (χ2n) is 30.9. The number of rotatable bonds is 16. The number of hydrogen-bond donors (Lipinski definition) is 1. The number of fused-ring (bicyclic) bond motifs is 2. The summed E-state index contributed by atoms with van der Waals surface area (Å²) >= 11 is 1.47. The molecule has 0 saturated heterocycles. The number of carbonyl (C=O) groups excluding carboxylic acids is 1. The summed E-state index contributed by atoms with van der Waals surface area (Å²) in [6, 6.07) is 79.4. The molecule has 590 valence electrons. The number of nitrogens with one attached hydrogen (secondary N) is 1. The number of amides is 1. The minimum atomic E-state index is 0.0405. The fourth-order valence-electron chi connectivity index (χ4n) is 10.3. The summed E-state index contributed by atoms with van der Waals surface area (Å²) in [5.41, 5.74) is 15.5. The lowest BCUT2D eigenvalue weighted by Gasteiger charge is -2.10. The molecule has 110 heavy (non-hydrogen) atoms. The standard InChI is InChI=1S/C14H17NO.C13H14.2C10H14O.2C10H14.C9H13NOS.C9H12.C8H11N.C7H12N2/c1-10(2)9-16-13-6-4-5-12-8-7-11(3)15-14(12)13;1-10(2)12-8-7-11-5-3-4-6-13(11)9-12;1-8(2)9-4-6-10(11-3)7-5-9;1-8(2)9-5-4-6-10(7-9)11-3;2*1-8(2)10-6-4-9(3)5-7-10;1-7(2)6-10-9(11)8-4-3-5-12-8;1-8(2)9-6-4-3-5-7-9;1-7(2)8-5-3-4-6-9-8;1-6(2)7-4-8-5-9(7)3/h4-8,10H,9H2,1-3H3;3-10H,1-2H3;2*4-8H,1-3H3;2*4-8H,1-3H3;3-5,7H,6H2,1-2H3,(H,10,11);3-8H,1-2H3;3-7H,1-2H3;4-6H,1-3H3. The van der Waals surface area contributed by atoms with Crippen LogP contribution in [0.5, 0.6) is 17.2 Å². The van der Waals surface area contributed by atoms with Crippen LogP contribution in [-0.2, 0) is 7.05 Å². The van der Waals surface area contributed by atoms with Gasteiger partial charge in [0.2, 0.25) is 0 Å². The Hall–Kier alpha value is -9.64. The number of pyridine rings is 2. The van der Waals surface area contributed by atoms with E-state index in [1.807, 2.05) is 122 Å². The van der Waals surface area contributed by atoms with Crippen molar-refractivity contribution in [3.05, 3.63) is 321 Å². The average Bonchev–Trinajstić information content (AvgIpc) is 0.871. The zero-order chi connectivity index (χ0) is 81.7. The normalized spacial score (nSPS) is 10.5. The highest BCUT2D eigenvalue weighted by molar-refractivity contribution is 7.12. The van der Waals surface area contributed by atoms with Crippen LogP contribution in [0.25, 0.3) is 21.7 Å². The number of imidazole rings is 1. The molecule has 0 aliphatic heterocycles. The van der Waals surface area contributed by atoms with Crippen LogP contribution in [0.1, 0.15) is 257 Å². The first-order valence-electron chi connectivity index (χ1n) is 39.5. The van der Waals surface area contributed by atoms with Gasteiger partial charge in [-0.3, -0.25) is 9.78 Å². The number of methoxy groups -OCH3 is 2. The first-order valence-corrected chi connectivity index (χ1v) is 40.3. The van der Waals surface area contributed by atoms with Gasteiger partial charge in [0.1, 0.15) is 22.8 Å². The van der Waals surface area contributed by atoms with E-state index < -0.39 is 0 Å². The highest BCUT2D eigenvalue weighted by atomic mass is 32.1. The van der Waals surface area contributed by atoms with Gasteiger partial charge in [0.25, 0.3) is 5.91 Å². The van der Waals surface area contributed by atoms with E-state index in [0.717, 1.165) is 57.6 Å². The Morgan fingerprint density at radius 1 is 0.427 bits per heavy atom. The number of carbonyl (C=O) groups is 1. The van der Waals surface area contributed by atoms with Crippen LogP contribution in [0.2, 0.25) is 0 Å². The van der Waals surface area contributed by atoms with E-state index in [2.05, 4.69) is 324 Å². The second kappa shape index (κ2) is 52.5. The maximum Gasteiger partial charge on any atom is 0.261 e. The summed E-state index contributed by atoms with van der Waals surface area (Å²) in [7, 11) is 5.39. The number of ether oxygens (including phenoxy) is 3. The van der Waals surface area contributed by atoms with Gasteiger partial charge in [0.15, 0.2) is 0 Å². The van der Waals surface area contributed by atoms with Gasteiger partial charge < -0.3 is 24.1 Å². The van der Waals surface area contributed by atoms with Crippen molar-refractivity contribution < 1.29 is 19.0 Å². The van der Waals surface area contributed by atoms with Crippen LogP contribution in [-0.4, -0.2) is 52.8 Å². The van der Waals surface area contributed by atoms with Crippen molar-refractivity contribution in [2.75, 3.05) is 27.4 Å². The Labute approximate surface area is 669 Å². The molecule has 1 N–H and O–H groups in total. The van der Waals surface area contributed by atoms with E-state index in [1.54, 1.807) is 14.2 Å². The summed E-state index contributed by atoms with van der Waals surface area (Å²) in [4.78, 5) is 24.8. The quantitative estimate of drug-likeness (QED) is 0.103. The molecule has 10 heteroatoms. The predicted molar refractivity (Wildman–Crippen MR) is 477 cm³/mol. The van der Waals surface area contributed by atoms with E-state index in [4.69, 9.17) is 14.2 Å². The van der Waals surface area contributed by atoms with E-state index in [-0.39, 0.29) is 5.91 Å². The lowest BCUT2D eigenvalue weighted by atomic mass is 9.99. The maximum atomic E-state index is 11.3. The molecule has 0 unspecified atom stereocenters. The highest BCUT2D eigenvalue weighted by Crippen LogP contribution is 2.26. The fourth-order valence-corrected chi connectivity index (χ4v) is 11.0. The Morgan fingerprint density at radius 2 is 0.900 bits per heavy atom. The number of thiophene rings is 1. The van der Waals surface area contributed by atoms with Crippen LogP contribution in [0, 0.1) is 32.6 Å². The second-order valence-corrected chi connectivity index (χ2v) is 31.8. The zero-order valence-electron chi connectivity index (χ0n) is 71.8. The van der Waals surface area contributed by atoms with Gasteiger partial charge in [-0.25, -0.2) is 9.97 Å². The summed E-state index contributed by atoms with van der Waals surface area (Å²) in [5, 5.41) is 8.56. The third-order valence-corrected chi connectivity index (χ3v) is 18.3. The van der Waals surface area contributed by atoms with Crippen molar-refractivity contribution in [2.24, 2.45) is 18.9 Å². The molecule has 0 atom stereocenters. The Kier molecular flexibility index (Phi) is 45.1. The molecule has 4 heterocycles. The van der Waals surface area contributed by atoms with Crippen molar-refractivity contribution in [3.8, 4) is 17.2 Å². The third kappa shape index (κ3) is 38.1. The first kappa shape index (κ1) is 94.6. The molecule has 0 aliphatic rings. The van der Waals surface area contributed by atoms with Gasteiger partial charge in [-0.05, 0) is 184 Å². The third-order valence-electron chi connectivity index (χ3n) is 17.5. The largest absolute Gasteiger partial charge is 0.497 e. The number of para-hydroxylation sites is 1. The van der Waals surface area contributed by atoms with Gasteiger partial charge in [0, 0.05) is 48.5 Å². The predicted octanol–water partition coefficient (Wildman–Crippen LogP) is 28.1. The first-order chi connectivity index (χ1) is 52.3. The molecule has 0 bridgehead atoms. The molecule has 8 aromatic carbocycles. The number of hydrogen-bond acceptors (Lipinski definition) is 8. The van der Waals surface area contributed by atoms with Gasteiger partial charge >= 0.3 is 0 Å². The van der Waals surface area contributed by atoms with E-state index in [9.17, 15) is 4.79 Å². The van der Waals surface area contributed by atoms with Gasteiger partial charge in [-0.2, -0.15) is 0 Å². The van der Waals surface area contributed by atoms with E-state index >= 15 is 0 Å². The molecule has 12 aromatic rings. The molecular formula is C100H135N5O4S. The van der Waals surface area contributed by atoms with Gasteiger partial charge in [0.05, 0.1) is 32.0 Å². The number of benzene rings is 8. The monoisotopic (exact) mass is 1500 g/mol. The lowest BCUT2D eigenvalue weighted by molar-refractivity contribution is 0.0953. The maximum absolute atomic E-state index is 11.3. The Bertz CT molecular complexity index is 4260. The fraction of sp³-hybridized carbons (Fsp3) is 0.380. The molecule has 12 rings (SSSR count). The summed E-state index contributed by atoms with van der Waals surface area (Å²) in [5.74, 6) is 8.71. The molecule has 0 saturated carbocycles. The molecule has 9 nitrogen and oxygen atoms in total. The van der Waals surface area contributed by atoms with Crippen molar-refractivity contribution >= 4 is 38.9 Å². The van der Waals surface area contributed by atoms with Crippen LogP contribution >= 0.6 is 11.3 Å². The van der Waals surface area contributed by atoms with Gasteiger partial charge in [-0.15, -0.1) is 11.3 Å². The number of aromatic nitrogens is 4. The summed E-state index contributed by atoms with van der Waals surface area (Å²) in [6.07, 6.45) is 5.56. The van der Waals surface area contributed by atoms with Crippen molar-refractivity contribution in [1.82, 2.24) is 24.8 Å². The Balaban J connectivity index is 0.000000318. The Morgan fingerprint density at radius 3 is 1.34 bits per heavy atom. The van der Waals surface area contributed by atoms with E-state index in [0.29, 0.717) is 59.2 Å². The van der Waals surface area contributed by atoms with Gasteiger partial charge in [-0.1, -0.05) is 326 Å². The summed E-state index contributed by atoms with van der Waals surface area (Å²) in [6.45, 7) is 51.2. The van der Waals surface area contributed by atoms with Crippen LogP contribution in [0.15, 0.2) is 255 Å². The smallest absolute Gasteiger partial charge is 0.261 e. The minimum absolute atomic E-state index is 0.0405. The SMILES string of the molecule is CC(C)CNC(=O)c1cccs1.CC(C)c1ccc2ccccc2c1.CC(C)c1ccccc1.CC(C)c1ccccn1.CC(C)c1cncn1C.COc1ccc(C(C)C)cc1.COc1cccc(C(C)C)c1.Cc1ccc(C(C)C)cc1.Cc1ccc(C(C)C)cc1.Cc1ccc2cccc(OCC(C)C)c2n1. The van der Waals surface area contributed by atoms with Crippen molar-refractivity contribution in [2.45, 2.75) is 207 Å². The average molecular weight is 1500 g/mol. The van der Waals surface area contributed by atoms with Crippen LogP contribution in [0.4, 0.5) is 0 Å². The summed E-state index contributed by atoms with van der Waals surface area (Å²) < 4.78 is 18.0.